The molecule has 2 aliphatic heterocycles. The number of hydrogen-bond acceptors (Lipinski definition) is 4. The molecule has 4 heteroatoms. The SMILES string of the molecule is C=CCOc1ccc(C2Oc3ccccc3C3CC(c4ccc(C)cc4)=NN32)cc1. The van der Waals surface area contributed by atoms with Crippen molar-refractivity contribution in [1.29, 1.82) is 0 Å². The Morgan fingerprint density at radius 1 is 1.07 bits per heavy atom. The van der Waals surface area contributed by atoms with E-state index in [4.69, 9.17) is 14.6 Å². The summed E-state index contributed by atoms with van der Waals surface area (Å²) in [5.41, 5.74) is 5.75. The molecule has 0 radical (unpaired) electrons. The van der Waals surface area contributed by atoms with E-state index in [-0.39, 0.29) is 12.3 Å². The Morgan fingerprint density at radius 3 is 2.60 bits per heavy atom. The van der Waals surface area contributed by atoms with Crippen molar-refractivity contribution in [2.75, 3.05) is 6.61 Å². The molecule has 3 aromatic rings. The van der Waals surface area contributed by atoms with Gasteiger partial charge >= 0.3 is 0 Å². The molecule has 2 aliphatic rings. The lowest BCUT2D eigenvalue weighted by molar-refractivity contribution is -0.0190. The summed E-state index contributed by atoms with van der Waals surface area (Å²) in [5.74, 6) is 1.74. The minimum Gasteiger partial charge on any atom is -0.490 e. The molecule has 0 fully saturated rings. The molecule has 0 aliphatic carbocycles. The number of aryl methyl sites for hydroxylation is 1. The predicted molar refractivity (Wildman–Crippen MR) is 119 cm³/mol. The standard InChI is InChI=1S/C26H24N2O2/c1-3-16-29-21-14-12-20(13-15-21)26-28-24(22-6-4-5-7-25(22)30-26)17-23(27-28)19-10-8-18(2)9-11-19/h3-15,24,26H,1,16-17H2,2H3. The summed E-state index contributed by atoms with van der Waals surface area (Å²) in [6, 6.07) is 25.1. The maximum Gasteiger partial charge on any atom is 0.213 e. The topological polar surface area (TPSA) is 34.1 Å². The van der Waals surface area contributed by atoms with Gasteiger partial charge in [0, 0.05) is 17.5 Å². The summed E-state index contributed by atoms with van der Waals surface area (Å²) in [5, 5.41) is 7.13. The molecular formula is C26H24N2O2. The third-order valence-corrected chi connectivity index (χ3v) is 5.62. The zero-order chi connectivity index (χ0) is 20.5. The van der Waals surface area contributed by atoms with E-state index in [1.54, 1.807) is 6.08 Å². The molecule has 0 aromatic heterocycles. The van der Waals surface area contributed by atoms with Crippen LogP contribution in [-0.4, -0.2) is 17.3 Å². The van der Waals surface area contributed by atoms with E-state index in [1.165, 1.54) is 16.7 Å². The van der Waals surface area contributed by atoms with Crippen LogP contribution in [0.25, 0.3) is 0 Å². The first-order valence-electron chi connectivity index (χ1n) is 10.2. The van der Waals surface area contributed by atoms with E-state index in [1.807, 2.05) is 36.4 Å². The molecule has 3 aromatic carbocycles. The molecule has 0 amide bonds. The zero-order valence-electron chi connectivity index (χ0n) is 17.0. The van der Waals surface area contributed by atoms with Gasteiger partial charge in [-0.15, -0.1) is 0 Å². The molecule has 4 nitrogen and oxygen atoms in total. The molecular weight excluding hydrogens is 372 g/mol. The fourth-order valence-electron chi connectivity index (χ4n) is 4.06. The third-order valence-electron chi connectivity index (χ3n) is 5.62. The molecule has 2 unspecified atom stereocenters. The van der Waals surface area contributed by atoms with Crippen LogP contribution in [-0.2, 0) is 0 Å². The van der Waals surface area contributed by atoms with Crippen molar-refractivity contribution in [2.24, 2.45) is 5.10 Å². The summed E-state index contributed by atoms with van der Waals surface area (Å²) < 4.78 is 12.0. The monoisotopic (exact) mass is 396 g/mol. The van der Waals surface area contributed by atoms with Gasteiger partial charge in [-0.1, -0.05) is 60.7 Å². The Balaban J connectivity index is 1.51. The van der Waals surface area contributed by atoms with Crippen molar-refractivity contribution in [3.8, 4) is 11.5 Å². The number of hydrazone groups is 1. The van der Waals surface area contributed by atoms with Gasteiger partial charge in [0.2, 0.25) is 6.23 Å². The van der Waals surface area contributed by atoms with E-state index in [0.29, 0.717) is 6.61 Å². The van der Waals surface area contributed by atoms with Crippen molar-refractivity contribution in [1.82, 2.24) is 5.01 Å². The smallest absolute Gasteiger partial charge is 0.213 e. The fraction of sp³-hybridized carbons (Fsp3) is 0.192. The summed E-state index contributed by atoms with van der Waals surface area (Å²) in [6.07, 6.45) is 2.33. The summed E-state index contributed by atoms with van der Waals surface area (Å²) in [7, 11) is 0. The molecule has 2 heterocycles. The van der Waals surface area contributed by atoms with Crippen LogP contribution in [0, 0.1) is 6.92 Å². The summed E-state index contributed by atoms with van der Waals surface area (Å²) in [4.78, 5) is 0. The van der Waals surface area contributed by atoms with Crippen molar-refractivity contribution >= 4 is 5.71 Å². The number of fused-ring (bicyclic) bond motifs is 3. The average Bonchev–Trinajstić information content (AvgIpc) is 3.24. The lowest BCUT2D eigenvalue weighted by Gasteiger charge is -2.38. The summed E-state index contributed by atoms with van der Waals surface area (Å²) in [6.45, 7) is 6.29. The Hall–Kier alpha value is -3.53. The maximum absolute atomic E-state index is 6.42. The van der Waals surface area contributed by atoms with Crippen molar-refractivity contribution in [3.05, 3.63) is 108 Å². The van der Waals surface area contributed by atoms with Crippen molar-refractivity contribution in [3.63, 3.8) is 0 Å². The molecule has 0 N–H and O–H groups in total. The second-order valence-corrected chi connectivity index (χ2v) is 7.69. The highest BCUT2D eigenvalue weighted by atomic mass is 16.5. The van der Waals surface area contributed by atoms with E-state index in [9.17, 15) is 0 Å². The van der Waals surface area contributed by atoms with Crippen LogP contribution in [0.1, 0.15) is 40.9 Å². The van der Waals surface area contributed by atoms with Gasteiger partial charge in [-0.3, -0.25) is 0 Å². The minimum absolute atomic E-state index is 0.160. The van der Waals surface area contributed by atoms with Crippen LogP contribution >= 0.6 is 0 Å². The Kier molecular flexibility index (Phi) is 4.75. The summed E-state index contributed by atoms with van der Waals surface area (Å²) >= 11 is 0. The number of rotatable bonds is 5. The molecule has 30 heavy (non-hydrogen) atoms. The second-order valence-electron chi connectivity index (χ2n) is 7.69. The first kappa shape index (κ1) is 18.5. The lowest BCUT2D eigenvalue weighted by Crippen LogP contribution is -2.33. The Labute approximate surface area is 177 Å². The van der Waals surface area contributed by atoms with Gasteiger partial charge in [0.05, 0.1) is 11.8 Å². The molecule has 0 spiro atoms. The average molecular weight is 396 g/mol. The molecule has 0 bridgehead atoms. The van der Waals surface area contributed by atoms with Crippen molar-refractivity contribution in [2.45, 2.75) is 25.6 Å². The number of ether oxygens (including phenoxy) is 2. The predicted octanol–water partition coefficient (Wildman–Crippen LogP) is 5.80. The van der Waals surface area contributed by atoms with Crippen LogP contribution in [0.2, 0.25) is 0 Å². The van der Waals surface area contributed by atoms with Gasteiger partial charge in [-0.05, 0) is 42.8 Å². The van der Waals surface area contributed by atoms with E-state index in [0.717, 1.165) is 29.2 Å². The minimum atomic E-state index is -0.277. The fourth-order valence-corrected chi connectivity index (χ4v) is 4.06. The van der Waals surface area contributed by atoms with Crippen LogP contribution in [0.5, 0.6) is 11.5 Å². The lowest BCUT2D eigenvalue weighted by atomic mass is 9.95. The second kappa shape index (κ2) is 7.71. The molecule has 150 valence electrons. The Morgan fingerprint density at radius 2 is 1.83 bits per heavy atom. The molecule has 0 saturated carbocycles. The van der Waals surface area contributed by atoms with Gasteiger partial charge in [0.25, 0.3) is 0 Å². The molecule has 0 saturated heterocycles. The zero-order valence-corrected chi connectivity index (χ0v) is 17.0. The molecule has 5 rings (SSSR count). The van der Waals surface area contributed by atoms with Crippen LogP contribution in [0.3, 0.4) is 0 Å². The van der Waals surface area contributed by atoms with E-state index < -0.39 is 0 Å². The highest BCUT2D eigenvalue weighted by Crippen LogP contribution is 2.47. The third kappa shape index (κ3) is 3.35. The van der Waals surface area contributed by atoms with Crippen LogP contribution in [0.15, 0.2) is 90.6 Å². The van der Waals surface area contributed by atoms with Crippen molar-refractivity contribution < 1.29 is 9.47 Å². The Bertz CT molecular complexity index is 1090. The first-order valence-corrected chi connectivity index (χ1v) is 10.2. The van der Waals surface area contributed by atoms with Crippen LogP contribution in [0.4, 0.5) is 0 Å². The number of nitrogens with zero attached hydrogens (tertiary/aromatic N) is 2. The number of benzene rings is 3. The van der Waals surface area contributed by atoms with E-state index >= 15 is 0 Å². The van der Waals surface area contributed by atoms with Gasteiger partial charge in [-0.2, -0.15) is 5.10 Å². The van der Waals surface area contributed by atoms with Gasteiger partial charge < -0.3 is 9.47 Å². The quantitative estimate of drug-likeness (QED) is 0.511. The van der Waals surface area contributed by atoms with Crippen LogP contribution < -0.4 is 9.47 Å². The first-order chi connectivity index (χ1) is 14.7. The highest BCUT2D eigenvalue weighted by molar-refractivity contribution is 6.02. The van der Waals surface area contributed by atoms with Gasteiger partial charge in [0.15, 0.2) is 0 Å². The van der Waals surface area contributed by atoms with E-state index in [2.05, 4.69) is 54.9 Å². The number of hydrogen-bond donors (Lipinski definition) is 0. The molecule has 2 atom stereocenters. The maximum atomic E-state index is 6.42. The van der Waals surface area contributed by atoms with Gasteiger partial charge in [-0.25, -0.2) is 5.01 Å². The highest BCUT2D eigenvalue weighted by Gasteiger charge is 2.40. The van der Waals surface area contributed by atoms with Gasteiger partial charge in [0.1, 0.15) is 18.1 Å². The normalized spacial score (nSPS) is 19.4. The largest absolute Gasteiger partial charge is 0.490 e. The number of para-hydroxylation sites is 1.